The van der Waals surface area contributed by atoms with Gasteiger partial charge in [-0.15, -0.1) is 0 Å². The molecule has 3 nitrogen and oxygen atoms in total. The molecule has 4 aliphatic rings. The van der Waals surface area contributed by atoms with E-state index in [9.17, 15) is 14.7 Å². The van der Waals surface area contributed by atoms with E-state index in [-0.39, 0.29) is 17.0 Å². The maximum absolute atomic E-state index is 13.1. The minimum absolute atomic E-state index is 0.0369. The van der Waals surface area contributed by atoms with Gasteiger partial charge in [0, 0.05) is 22.8 Å². The number of fused-ring (bicyclic) bond motifs is 5. The first-order valence-electron chi connectivity index (χ1n) is 12.1. The molecule has 168 valence electrons. The molecule has 1 N–H and O–H groups in total. The highest BCUT2D eigenvalue weighted by molar-refractivity contribution is 6.13. The van der Waals surface area contributed by atoms with Gasteiger partial charge in [0.2, 0.25) is 0 Å². The number of allylic oxidation sites excluding steroid dienone is 6. The fraction of sp³-hybridized carbons (Fsp3) is 0.643. The summed E-state index contributed by atoms with van der Waals surface area (Å²) in [7, 11) is 0. The molecule has 3 heteroatoms. The van der Waals surface area contributed by atoms with Crippen molar-refractivity contribution in [3.8, 4) is 0 Å². The Hall–Kier alpha value is -1.74. The number of aliphatic hydroxyl groups is 1. The number of carbonyl (C=O) groups is 2. The van der Waals surface area contributed by atoms with Crippen LogP contribution in [0.2, 0.25) is 0 Å². The van der Waals surface area contributed by atoms with Crippen LogP contribution in [0, 0.1) is 34.5 Å². The molecule has 4 rings (SSSR count). The van der Waals surface area contributed by atoms with E-state index >= 15 is 0 Å². The zero-order valence-corrected chi connectivity index (χ0v) is 20.0. The summed E-state index contributed by atoms with van der Waals surface area (Å²) in [5, 5.41) is 12.2. The van der Waals surface area contributed by atoms with Gasteiger partial charge in [-0.1, -0.05) is 59.8 Å². The Balaban J connectivity index is 1.72. The van der Waals surface area contributed by atoms with E-state index in [0.29, 0.717) is 48.5 Å². The summed E-state index contributed by atoms with van der Waals surface area (Å²) in [6.07, 6.45) is 13.7. The molecule has 0 saturated heterocycles. The van der Waals surface area contributed by atoms with Crippen LogP contribution >= 0.6 is 0 Å². The number of carbonyl (C=O) groups excluding carboxylic acids is 2. The molecule has 0 aromatic carbocycles. The van der Waals surface area contributed by atoms with E-state index in [4.69, 9.17) is 0 Å². The lowest BCUT2D eigenvalue weighted by Gasteiger charge is -2.53. The first-order chi connectivity index (χ1) is 14.4. The van der Waals surface area contributed by atoms with Crippen LogP contribution in [0.4, 0.5) is 0 Å². The van der Waals surface area contributed by atoms with Crippen molar-refractivity contribution < 1.29 is 14.7 Å². The molecule has 4 aliphatic carbocycles. The van der Waals surface area contributed by atoms with Crippen molar-refractivity contribution >= 4 is 11.6 Å². The summed E-state index contributed by atoms with van der Waals surface area (Å²) in [6.45, 7) is 13.3. The van der Waals surface area contributed by atoms with Crippen LogP contribution in [0.25, 0.3) is 0 Å². The van der Waals surface area contributed by atoms with Gasteiger partial charge >= 0.3 is 0 Å². The van der Waals surface area contributed by atoms with Gasteiger partial charge in [-0.3, -0.25) is 9.59 Å². The predicted octanol–water partition coefficient (Wildman–Crippen LogP) is 5.75. The van der Waals surface area contributed by atoms with E-state index in [1.165, 1.54) is 0 Å². The van der Waals surface area contributed by atoms with Crippen molar-refractivity contribution in [1.82, 2.24) is 0 Å². The average Bonchev–Trinajstić information content (AvgIpc) is 2.99. The molecule has 1 saturated carbocycles. The topological polar surface area (TPSA) is 54.4 Å². The van der Waals surface area contributed by atoms with Crippen LogP contribution in [-0.4, -0.2) is 22.3 Å². The van der Waals surface area contributed by atoms with Crippen LogP contribution < -0.4 is 0 Å². The Morgan fingerprint density at radius 1 is 1.00 bits per heavy atom. The van der Waals surface area contributed by atoms with Crippen molar-refractivity contribution in [1.29, 1.82) is 0 Å². The van der Waals surface area contributed by atoms with Gasteiger partial charge in [-0.2, -0.15) is 0 Å². The summed E-state index contributed by atoms with van der Waals surface area (Å²) in [5.74, 6) is 1.82. The highest BCUT2D eigenvalue weighted by atomic mass is 16.3. The third kappa shape index (κ3) is 3.18. The Kier molecular flexibility index (Phi) is 5.36. The van der Waals surface area contributed by atoms with E-state index < -0.39 is 11.0 Å². The third-order valence-electron chi connectivity index (χ3n) is 9.36. The fourth-order valence-corrected chi connectivity index (χ4v) is 6.69. The second-order valence-electron chi connectivity index (χ2n) is 11.4. The molecule has 0 bridgehead atoms. The molecule has 0 spiro atoms. The molecular weight excluding hydrogens is 384 g/mol. The quantitative estimate of drug-likeness (QED) is 0.587. The Morgan fingerprint density at radius 3 is 2.39 bits per heavy atom. The normalized spacial score (nSPS) is 39.5. The van der Waals surface area contributed by atoms with E-state index in [0.717, 1.165) is 24.0 Å². The van der Waals surface area contributed by atoms with Gasteiger partial charge < -0.3 is 5.11 Å². The van der Waals surface area contributed by atoms with Crippen LogP contribution in [0.1, 0.15) is 73.6 Å². The van der Waals surface area contributed by atoms with E-state index in [1.807, 2.05) is 0 Å². The van der Waals surface area contributed by atoms with E-state index in [1.54, 1.807) is 12.2 Å². The minimum Gasteiger partial charge on any atom is -0.385 e. The van der Waals surface area contributed by atoms with Gasteiger partial charge in [-0.05, 0) is 72.7 Å². The van der Waals surface area contributed by atoms with Crippen LogP contribution in [0.3, 0.4) is 0 Å². The molecular formula is C28H38O3. The Bertz CT molecular complexity index is 932. The number of rotatable bonds is 4. The average molecular weight is 423 g/mol. The first-order valence-corrected chi connectivity index (χ1v) is 12.1. The molecule has 1 fully saturated rings. The zero-order valence-electron chi connectivity index (χ0n) is 20.0. The summed E-state index contributed by atoms with van der Waals surface area (Å²) < 4.78 is 0. The molecule has 0 aliphatic heterocycles. The van der Waals surface area contributed by atoms with Gasteiger partial charge in [0.1, 0.15) is 0 Å². The SMILES string of the molecule is CC(C)C(C)C=CC(C)C1CCC2(O)C3=CC(=O)C4=CC(=O)CCC4(C)C3=CCC12C. The zero-order chi connectivity index (χ0) is 22.8. The number of hydrogen-bond acceptors (Lipinski definition) is 3. The lowest BCUT2D eigenvalue weighted by molar-refractivity contribution is -0.118. The number of ketones is 2. The summed E-state index contributed by atoms with van der Waals surface area (Å²) in [4.78, 5) is 25.1. The molecule has 0 aromatic heterocycles. The van der Waals surface area contributed by atoms with Crippen LogP contribution in [-0.2, 0) is 9.59 Å². The monoisotopic (exact) mass is 422 g/mol. The molecule has 31 heavy (non-hydrogen) atoms. The lowest BCUT2D eigenvalue weighted by atomic mass is 9.52. The molecule has 0 aromatic rings. The Morgan fingerprint density at radius 2 is 1.71 bits per heavy atom. The van der Waals surface area contributed by atoms with Gasteiger partial charge in [0.05, 0.1) is 5.60 Å². The molecule has 0 amide bonds. The third-order valence-corrected chi connectivity index (χ3v) is 9.36. The van der Waals surface area contributed by atoms with Crippen molar-refractivity contribution in [3.63, 3.8) is 0 Å². The fourth-order valence-electron chi connectivity index (χ4n) is 6.69. The van der Waals surface area contributed by atoms with E-state index in [2.05, 4.69) is 59.8 Å². The Labute approximate surface area is 187 Å². The standard InChI is InChI=1S/C28H38O3/c1-17(2)18(3)7-8-19(4)21-11-14-28(31)23-16-25(30)24-15-20(29)9-12-26(24,5)22(23)10-13-27(21,28)6/h7-8,10,15-19,21,31H,9,11-14H2,1-6H3. The summed E-state index contributed by atoms with van der Waals surface area (Å²) in [5.41, 5.74) is 0.786. The lowest BCUT2D eigenvalue weighted by Crippen LogP contribution is -2.53. The maximum Gasteiger partial charge on any atom is 0.183 e. The van der Waals surface area contributed by atoms with Crippen molar-refractivity contribution in [2.75, 3.05) is 0 Å². The second-order valence-corrected chi connectivity index (χ2v) is 11.4. The highest BCUT2D eigenvalue weighted by Gasteiger charge is 2.63. The molecule has 0 radical (unpaired) electrons. The molecule has 6 unspecified atom stereocenters. The van der Waals surface area contributed by atoms with Crippen molar-refractivity contribution in [2.45, 2.75) is 79.2 Å². The smallest absolute Gasteiger partial charge is 0.183 e. The van der Waals surface area contributed by atoms with Crippen LogP contribution in [0.15, 0.2) is 47.1 Å². The largest absolute Gasteiger partial charge is 0.385 e. The molecule has 0 heterocycles. The van der Waals surface area contributed by atoms with Gasteiger partial charge in [-0.25, -0.2) is 0 Å². The van der Waals surface area contributed by atoms with Crippen LogP contribution in [0.5, 0.6) is 0 Å². The van der Waals surface area contributed by atoms with Gasteiger partial charge in [0.25, 0.3) is 0 Å². The highest BCUT2D eigenvalue weighted by Crippen LogP contribution is 2.65. The first kappa shape index (κ1) is 22.5. The second kappa shape index (κ2) is 7.40. The summed E-state index contributed by atoms with van der Waals surface area (Å²) >= 11 is 0. The van der Waals surface area contributed by atoms with Crippen molar-refractivity contribution in [2.24, 2.45) is 34.5 Å². The minimum atomic E-state index is -0.987. The predicted molar refractivity (Wildman–Crippen MR) is 124 cm³/mol. The molecule has 6 atom stereocenters. The van der Waals surface area contributed by atoms with Crippen molar-refractivity contribution in [3.05, 3.63) is 47.1 Å². The summed E-state index contributed by atoms with van der Waals surface area (Å²) in [6, 6.07) is 0. The number of hydrogen-bond donors (Lipinski definition) is 1. The van der Waals surface area contributed by atoms with Gasteiger partial charge in [0.15, 0.2) is 11.6 Å². The maximum atomic E-state index is 13.1.